The first-order chi connectivity index (χ1) is 15.9. The highest BCUT2D eigenvalue weighted by Gasteiger charge is 2.34. The maximum Gasteiger partial charge on any atom is 0.243 e. The van der Waals surface area contributed by atoms with Gasteiger partial charge in [-0.05, 0) is 61.1 Å². The molecule has 2 N–H and O–H groups in total. The number of carbonyl (C=O) groups excluding carboxylic acids is 2. The topological polar surface area (TPSA) is 108 Å². The molecule has 0 radical (unpaired) electrons. The Hall–Kier alpha value is -2.43. The lowest BCUT2D eigenvalue weighted by atomic mass is 9.98. The summed E-state index contributed by atoms with van der Waals surface area (Å²) in [7, 11) is -3.66. The molecule has 1 aromatic carbocycles. The molecule has 1 aliphatic rings. The standard InChI is InChI=1S/C23H30N4O4S2/c1-32-15-11-21(23(29)25-16-18-9-12-24-13-10-18)26-22(28)19-6-5-14-27(17-19)33(30,31)20-7-3-2-4-8-20/h2-4,7-10,12-13,19,21H,5-6,11,14-17H2,1H3,(H,25,29)(H,26,28)/t19-,21-/m1/s1. The van der Waals surface area contributed by atoms with Gasteiger partial charge in [0.25, 0.3) is 0 Å². The van der Waals surface area contributed by atoms with Gasteiger partial charge in [-0.15, -0.1) is 0 Å². The Labute approximate surface area is 199 Å². The number of aromatic nitrogens is 1. The molecule has 1 fully saturated rings. The molecule has 0 saturated carbocycles. The number of piperidine rings is 1. The van der Waals surface area contributed by atoms with Crippen molar-refractivity contribution in [2.45, 2.75) is 36.7 Å². The average Bonchev–Trinajstić information content (AvgIpc) is 2.86. The van der Waals surface area contributed by atoms with Crippen molar-refractivity contribution in [1.82, 2.24) is 19.9 Å². The molecule has 1 saturated heterocycles. The van der Waals surface area contributed by atoms with E-state index in [2.05, 4.69) is 15.6 Å². The molecule has 2 aromatic rings. The minimum absolute atomic E-state index is 0.108. The molecule has 178 valence electrons. The molecule has 0 aliphatic carbocycles. The molecule has 1 aromatic heterocycles. The van der Waals surface area contributed by atoms with Crippen LogP contribution in [0.2, 0.25) is 0 Å². The molecule has 0 unspecified atom stereocenters. The number of pyridine rings is 1. The Morgan fingerprint density at radius 3 is 2.61 bits per heavy atom. The van der Waals surface area contributed by atoms with Gasteiger partial charge in [-0.25, -0.2) is 8.42 Å². The van der Waals surface area contributed by atoms with Crippen molar-refractivity contribution in [3.05, 3.63) is 60.4 Å². The predicted octanol–water partition coefficient (Wildman–Crippen LogP) is 2.04. The molecular formula is C23H30N4O4S2. The Morgan fingerprint density at radius 1 is 1.18 bits per heavy atom. The zero-order valence-corrected chi connectivity index (χ0v) is 20.3. The van der Waals surface area contributed by atoms with Crippen molar-refractivity contribution in [3.8, 4) is 0 Å². The van der Waals surface area contributed by atoms with E-state index in [-0.39, 0.29) is 23.3 Å². The van der Waals surface area contributed by atoms with E-state index in [0.29, 0.717) is 38.1 Å². The van der Waals surface area contributed by atoms with Crippen LogP contribution in [-0.4, -0.2) is 60.7 Å². The first-order valence-corrected chi connectivity index (χ1v) is 13.8. The molecular weight excluding hydrogens is 460 g/mol. The lowest BCUT2D eigenvalue weighted by Gasteiger charge is -2.32. The zero-order valence-electron chi connectivity index (χ0n) is 18.6. The van der Waals surface area contributed by atoms with E-state index in [1.54, 1.807) is 54.5 Å². The van der Waals surface area contributed by atoms with Crippen molar-refractivity contribution in [2.75, 3.05) is 25.1 Å². The molecule has 8 nitrogen and oxygen atoms in total. The molecule has 0 spiro atoms. The van der Waals surface area contributed by atoms with E-state index >= 15 is 0 Å². The Balaban J connectivity index is 1.62. The molecule has 2 amide bonds. The molecule has 0 bridgehead atoms. The maximum absolute atomic E-state index is 13.0. The highest BCUT2D eigenvalue weighted by molar-refractivity contribution is 7.98. The minimum Gasteiger partial charge on any atom is -0.350 e. The van der Waals surface area contributed by atoms with Gasteiger partial charge in [0, 0.05) is 32.0 Å². The molecule has 33 heavy (non-hydrogen) atoms. The SMILES string of the molecule is CSCC[C@@H](NC(=O)[C@@H]1CCCN(S(=O)(=O)c2ccccc2)C1)C(=O)NCc1ccncc1. The van der Waals surface area contributed by atoms with Gasteiger partial charge in [0.05, 0.1) is 10.8 Å². The van der Waals surface area contributed by atoms with Crippen LogP contribution in [0.25, 0.3) is 0 Å². The number of benzene rings is 1. The normalized spacial score (nSPS) is 17.8. The summed E-state index contributed by atoms with van der Waals surface area (Å²) in [5.74, 6) is -0.318. The Morgan fingerprint density at radius 2 is 1.91 bits per heavy atom. The predicted molar refractivity (Wildman–Crippen MR) is 129 cm³/mol. The van der Waals surface area contributed by atoms with Gasteiger partial charge in [-0.3, -0.25) is 14.6 Å². The number of thioether (sulfide) groups is 1. The van der Waals surface area contributed by atoms with Gasteiger partial charge in [0.2, 0.25) is 21.8 Å². The van der Waals surface area contributed by atoms with Gasteiger partial charge in [-0.1, -0.05) is 18.2 Å². The van der Waals surface area contributed by atoms with Crippen LogP contribution in [0.5, 0.6) is 0 Å². The number of rotatable bonds is 10. The van der Waals surface area contributed by atoms with Crippen LogP contribution in [0.1, 0.15) is 24.8 Å². The monoisotopic (exact) mass is 490 g/mol. The van der Waals surface area contributed by atoms with Crippen LogP contribution in [0.3, 0.4) is 0 Å². The van der Waals surface area contributed by atoms with Crippen molar-refractivity contribution in [2.24, 2.45) is 5.92 Å². The van der Waals surface area contributed by atoms with Crippen molar-refractivity contribution >= 4 is 33.6 Å². The Bertz CT molecular complexity index is 1020. The molecule has 10 heteroatoms. The van der Waals surface area contributed by atoms with Crippen LogP contribution >= 0.6 is 11.8 Å². The average molecular weight is 491 g/mol. The summed E-state index contributed by atoms with van der Waals surface area (Å²) in [6.45, 7) is 0.833. The second-order valence-electron chi connectivity index (χ2n) is 7.93. The van der Waals surface area contributed by atoms with Crippen LogP contribution in [0, 0.1) is 5.92 Å². The third kappa shape index (κ3) is 7.02. The minimum atomic E-state index is -3.66. The van der Waals surface area contributed by atoms with Crippen LogP contribution in [-0.2, 0) is 26.2 Å². The molecule has 1 aliphatic heterocycles. The van der Waals surface area contributed by atoms with E-state index in [9.17, 15) is 18.0 Å². The third-order valence-corrected chi connectivity index (χ3v) is 8.12. The van der Waals surface area contributed by atoms with Crippen molar-refractivity contribution in [3.63, 3.8) is 0 Å². The van der Waals surface area contributed by atoms with Gasteiger partial charge in [0.1, 0.15) is 6.04 Å². The first kappa shape index (κ1) is 25.2. The Kier molecular flexibility index (Phi) is 9.28. The zero-order chi connectivity index (χ0) is 23.7. The van der Waals surface area contributed by atoms with Crippen LogP contribution in [0.4, 0.5) is 0 Å². The fraction of sp³-hybridized carbons (Fsp3) is 0.435. The first-order valence-electron chi connectivity index (χ1n) is 10.9. The number of sulfonamides is 1. The van der Waals surface area contributed by atoms with Crippen LogP contribution in [0.15, 0.2) is 59.8 Å². The van der Waals surface area contributed by atoms with Crippen LogP contribution < -0.4 is 10.6 Å². The summed E-state index contributed by atoms with van der Waals surface area (Å²) in [5, 5.41) is 5.74. The van der Waals surface area contributed by atoms with E-state index in [4.69, 9.17) is 0 Å². The summed E-state index contributed by atoms with van der Waals surface area (Å²) < 4.78 is 27.3. The summed E-state index contributed by atoms with van der Waals surface area (Å²) in [6.07, 6.45) is 6.93. The van der Waals surface area contributed by atoms with Gasteiger partial charge < -0.3 is 10.6 Å². The maximum atomic E-state index is 13.0. The lowest BCUT2D eigenvalue weighted by Crippen LogP contribution is -2.51. The second-order valence-corrected chi connectivity index (χ2v) is 10.9. The molecule has 3 rings (SSSR count). The summed E-state index contributed by atoms with van der Waals surface area (Å²) in [5.41, 5.74) is 0.919. The number of nitrogens with one attached hydrogen (secondary N) is 2. The third-order valence-electron chi connectivity index (χ3n) is 5.60. The quantitative estimate of drug-likeness (QED) is 0.528. The van der Waals surface area contributed by atoms with Gasteiger partial charge in [0.15, 0.2) is 0 Å². The summed E-state index contributed by atoms with van der Waals surface area (Å²) in [6, 6.07) is 11.2. The number of amides is 2. The highest BCUT2D eigenvalue weighted by Crippen LogP contribution is 2.24. The van der Waals surface area contributed by atoms with Crippen molar-refractivity contribution < 1.29 is 18.0 Å². The fourth-order valence-corrected chi connectivity index (χ4v) is 5.74. The van der Waals surface area contributed by atoms with Gasteiger partial charge in [-0.2, -0.15) is 16.1 Å². The van der Waals surface area contributed by atoms with E-state index < -0.39 is 22.0 Å². The molecule has 2 heterocycles. The number of carbonyl (C=O) groups is 2. The summed E-state index contributed by atoms with van der Waals surface area (Å²) in [4.78, 5) is 30.0. The molecule has 2 atom stereocenters. The second kappa shape index (κ2) is 12.2. The number of hydrogen-bond acceptors (Lipinski definition) is 6. The summed E-state index contributed by atoms with van der Waals surface area (Å²) >= 11 is 1.60. The highest BCUT2D eigenvalue weighted by atomic mass is 32.2. The van der Waals surface area contributed by atoms with E-state index in [1.165, 1.54) is 4.31 Å². The van der Waals surface area contributed by atoms with E-state index in [0.717, 1.165) is 5.56 Å². The fourth-order valence-electron chi connectivity index (χ4n) is 3.72. The smallest absolute Gasteiger partial charge is 0.243 e. The van der Waals surface area contributed by atoms with Gasteiger partial charge >= 0.3 is 0 Å². The number of hydrogen-bond donors (Lipinski definition) is 2. The largest absolute Gasteiger partial charge is 0.350 e. The van der Waals surface area contributed by atoms with Crippen molar-refractivity contribution in [1.29, 1.82) is 0 Å². The lowest BCUT2D eigenvalue weighted by molar-refractivity contribution is -0.132. The van der Waals surface area contributed by atoms with E-state index in [1.807, 2.05) is 18.4 Å². The number of nitrogens with zero attached hydrogens (tertiary/aromatic N) is 2.